The van der Waals surface area contributed by atoms with Gasteiger partial charge < -0.3 is 0 Å². The van der Waals surface area contributed by atoms with Gasteiger partial charge in [0.15, 0.2) is 0 Å². The SMILES string of the molecule is C=C/C=C\C#CC#CC#CC#CC. The first kappa shape index (κ1) is 10.7. The van der Waals surface area contributed by atoms with Crippen LogP contribution < -0.4 is 0 Å². The quantitative estimate of drug-likeness (QED) is 0.409. The minimum atomic E-state index is 1.65. The third kappa shape index (κ3) is 9.72. The van der Waals surface area contributed by atoms with Crippen LogP contribution in [0.1, 0.15) is 6.92 Å². The fourth-order valence-corrected chi connectivity index (χ4v) is 0.381. The van der Waals surface area contributed by atoms with E-state index < -0.39 is 0 Å². The van der Waals surface area contributed by atoms with Crippen molar-refractivity contribution in [2.24, 2.45) is 0 Å². The largest absolute Gasteiger partial charge is 0.0990 e. The van der Waals surface area contributed by atoms with Gasteiger partial charge in [-0.25, -0.2) is 0 Å². The summed E-state index contributed by atoms with van der Waals surface area (Å²) in [6.45, 7) is 5.22. The third-order valence-corrected chi connectivity index (χ3v) is 0.825. The van der Waals surface area contributed by atoms with Crippen LogP contribution >= 0.6 is 0 Å². The first-order valence-corrected chi connectivity index (χ1v) is 3.61. The second kappa shape index (κ2) is 9.72. The molecule has 0 saturated heterocycles. The van der Waals surface area contributed by atoms with Crippen molar-refractivity contribution in [3.8, 4) is 47.4 Å². The Kier molecular flexibility index (Phi) is 8.02. The lowest BCUT2D eigenvalue weighted by Gasteiger charge is -1.61. The van der Waals surface area contributed by atoms with Crippen LogP contribution in [0.3, 0.4) is 0 Å². The molecule has 0 aromatic rings. The summed E-state index contributed by atoms with van der Waals surface area (Å²) < 4.78 is 0. The summed E-state index contributed by atoms with van der Waals surface area (Å²) in [6, 6.07) is 0. The highest BCUT2D eigenvalue weighted by Crippen LogP contribution is 1.68. The summed E-state index contributed by atoms with van der Waals surface area (Å²) in [6.07, 6.45) is 5.06. The number of hydrogen-bond acceptors (Lipinski definition) is 0. The van der Waals surface area contributed by atoms with Gasteiger partial charge in [-0.1, -0.05) is 30.6 Å². The second-order valence-corrected chi connectivity index (χ2v) is 1.74. The molecule has 0 nitrogen and oxygen atoms in total. The van der Waals surface area contributed by atoms with E-state index in [1.165, 1.54) is 0 Å². The molecule has 0 aromatic carbocycles. The second-order valence-electron chi connectivity index (χ2n) is 1.74. The Morgan fingerprint density at radius 3 is 2.15 bits per heavy atom. The fourth-order valence-electron chi connectivity index (χ4n) is 0.381. The first-order chi connectivity index (χ1) is 6.41. The minimum absolute atomic E-state index is 1.65. The summed E-state index contributed by atoms with van der Waals surface area (Å²) >= 11 is 0. The predicted octanol–water partition coefficient (Wildman–Crippen LogP) is 1.76. The van der Waals surface area contributed by atoms with Crippen LogP contribution in [0.15, 0.2) is 24.8 Å². The lowest BCUT2D eigenvalue weighted by molar-refractivity contribution is 1.92. The molecule has 60 valence electrons. The molecular formula is C13H8. The van der Waals surface area contributed by atoms with Crippen molar-refractivity contribution in [3.05, 3.63) is 24.8 Å². The van der Waals surface area contributed by atoms with Gasteiger partial charge in [0.1, 0.15) is 0 Å². The number of rotatable bonds is 1. The third-order valence-electron chi connectivity index (χ3n) is 0.825. The maximum atomic E-state index is 3.50. The number of hydrogen-bond donors (Lipinski definition) is 0. The maximum absolute atomic E-state index is 3.50. The monoisotopic (exact) mass is 164 g/mol. The first-order valence-electron chi connectivity index (χ1n) is 3.61. The van der Waals surface area contributed by atoms with Crippen molar-refractivity contribution in [1.82, 2.24) is 0 Å². The molecule has 0 saturated carbocycles. The van der Waals surface area contributed by atoms with E-state index in [4.69, 9.17) is 0 Å². The van der Waals surface area contributed by atoms with E-state index in [9.17, 15) is 0 Å². The highest BCUT2D eigenvalue weighted by atomic mass is 13.6. The van der Waals surface area contributed by atoms with E-state index in [0.717, 1.165) is 0 Å². The average molecular weight is 164 g/mol. The minimum Gasteiger partial charge on any atom is -0.0990 e. The Hall–Kier alpha value is -2.28. The van der Waals surface area contributed by atoms with Gasteiger partial charge in [-0.2, -0.15) is 0 Å². The van der Waals surface area contributed by atoms with E-state index in [1.807, 2.05) is 0 Å². The maximum Gasteiger partial charge on any atom is -0.0000226 e. The highest BCUT2D eigenvalue weighted by molar-refractivity contribution is 5.41. The van der Waals surface area contributed by atoms with Gasteiger partial charge in [-0.3, -0.25) is 0 Å². The molecule has 0 atom stereocenters. The molecule has 0 aliphatic carbocycles. The molecule has 0 N–H and O–H groups in total. The van der Waals surface area contributed by atoms with E-state index in [2.05, 4.69) is 53.9 Å². The fraction of sp³-hybridized carbons (Fsp3) is 0.0769. The summed E-state index contributed by atoms with van der Waals surface area (Å²) in [5, 5.41) is 0. The van der Waals surface area contributed by atoms with Gasteiger partial charge in [0.2, 0.25) is 0 Å². The lowest BCUT2D eigenvalue weighted by Crippen LogP contribution is -1.53. The van der Waals surface area contributed by atoms with E-state index >= 15 is 0 Å². The van der Waals surface area contributed by atoms with Crippen molar-refractivity contribution in [3.63, 3.8) is 0 Å². The normalized spacial score (nSPS) is 5.92. The molecule has 0 spiro atoms. The van der Waals surface area contributed by atoms with Crippen LogP contribution in [0.25, 0.3) is 0 Å². The molecule has 0 radical (unpaired) electrons. The van der Waals surface area contributed by atoms with Crippen molar-refractivity contribution < 1.29 is 0 Å². The predicted molar refractivity (Wildman–Crippen MR) is 56.1 cm³/mol. The molecule has 0 rings (SSSR count). The molecule has 0 heterocycles. The molecular weight excluding hydrogens is 156 g/mol. The van der Waals surface area contributed by atoms with Gasteiger partial charge in [-0.15, -0.1) is 0 Å². The van der Waals surface area contributed by atoms with Crippen LogP contribution in [0.4, 0.5) is 0 Å². The molecule has 0 heteroatoms. The lowest BCUT2D eigenvalue weighted by atomic mass is 10.4. The highest BCUT2D eigenvalue weighted by Gasteiger charge is 1.56. The Bertz CT molecular complexity index is 417. The van der Waals surface area contributed by atoms with Gasteiger partial charge in [0, 0.05) is 0 Å². The topological polar surface area (TPSA) is 0 Å². The van der Waals surface area contributed by atoms with Crippen molar-refractivity contribution in [2.45, 2.75) is 6.92 Å². The smallest absolute Gasteiger partial charge is 0.0000226 e. The number of allylic oxidation sites excluding steroid dienone is 3. The van der Waals surface area contributed by atoms with Gasteiger partial charge >= 0.3 is 0 Å². The molecule has 0 fully saturated rings. The zero-order valence-corrected chi connectivity index (χ0v) is 7.44. The molecule has 0 amide bonds. The van der Waals surface area contributed by atoms with E-state index in [1.54, 1.807) is 25.2 Å². The van der Waals surface area contributed by atoms with Crippen molar-refractivity contribution in [1.29, 1.82) is 0 Å². The summed E-state index contributed by atoms with van der Waals surface area (Å²) in [5.74, 6) is 20.7. The zero-order valence-electron chi connectivity index (χ0n) is 7.44. The Morgan fingerprint density at radius 1 is 0.923 bits per heavy atom. The Labute approximate surface area is 79.7 Å². The molecule has 0 aromatic heterocycles. The van der Waals surface area contributed by atoms with Gasteiger partial charge in [-0.05, 0) is 48.5 Å². The summed E-state index contributed by atoms with van der Waals surface area (Å²) in [4.78, 5) is 0. The average Bonchev–Trinajstić information content (AvgIpc) is 2.16. The van der Waals surface area contributed by atoms with Crippen LogP contribution in [-0.2, 0) is 0 Å². The van der Waals surface area contributed by atoms with Crippen molar-refractivity contribution in [2.75, 3.05) is 0 Å². The molecule has 0 aliphatic heterocycles. The van der Waals surface area contributed by atoms with E-state index in [-0.39, 0.29) is 0 Å². The van der Waals surface area contributed by atoms with Crippen molar-refractivity contribution >= 4 is 0 Å². The van der Waals surface area contributed by atoms with Crippen LogP contribution in [0.5, 0.6) is 0 Å². The summed E-state index contributed by atoms with van der Waals surface area (Å²) in [7, 11) is 0. The summed E-state index contributed by atoms with van der Waals surface area (Å²) in [5.41, 5.74) is 0. The van der Waals surface area contributed by atoms with Crippen LogP contribution in [0.2, 0.25) is 0 Å². The van der Waals surface area contributed by atoms with E-state index in [0.29, 0.717) is 0 Å². The van der Waals surface area contributed by atoms with Crippen LogP contribution in [-0.4, -0.2) is 0 Å². The van der Waals surface area contributed by atoms with Gasteiger partial charge in [0.25, 0.3) is 0 Å². The Morgan fingerprint density at radius 2 is 1.54 bits per heavy atom. The van der Waals surface area contributed by atoms with Gasteiger partial charge in [0.05, 0.1) is 0 Å². The molecule has 0 aliphatic rings. The molecule has 0 unspecified atom stereocenters. The Balaban J connectivity index is 4.04. The molecule has 0 bridgehead atoms. The standard InChI is InChI=1S/C13H8/c1-3-5-7-9-11-13-12-10-8-6-4-2/h3,5,7H,1H2,2H3/b7-5-. The zero-order chi connectivity index (χ0) is 9.78. The molecule has 13 heavy (non-hydrogen) atoms. The van der Waals surface area contributed by atoms with Crippen LogP contribution in [0, 0.1) is 47.4 Å².